The summed E-state index contributed by atoms with van der Waals surface area (Å²) in [6.07, 6.45) is 0.233. The number of nitrogens with zero attached hydrogens (tertiary/aromatic N) is 1. The highest BCUT2D eigenvalue weighted by molar-refractivity contribution is 5.99. The number of carbonyl (C=O) groups is 1. The second-order valence-electron chi connectivity index (χ2n) is 4.75. The van der Waals surface area contributed by atoms with Crippen LogP contribution in [-0.4, -0.2) is 29.7 Å². The fraction of sp³-hybridized carbons (Fsp3) is 0.385. The third-order valence-electron chi connectivity index (χ3n) is 2.69. The molecule has 0 bridgehead atoms. The fourth-order valence-corrected chi connectivity index (χ4v) is 1.48. The Morgan fingerprint density at radius 1 is 1.53 bits per heavy atom. The van der Waals surface area contributed by atoms with E-state index in [1.54, 1.807) is 31.4 Å². The van der Waals surface area contributed by atoms with Crippen LogP contribution in [0.5, 0.6) is 0 Å². The van der Waals surface area contributed by atoms with Crippen LogP contribution in [0.4, 0.5) is 5.69 Å². The van der Waals surface area contributed by atoms with Crippen molar-refractivity contribution in [3.8, 4) is 0 Å². The molecule has 0 aliphatic heterocycles. The molecule has 0 atom stereocenters. The van der Waals surface area contributed by atoms with Gasteiger partial charge in [0.1, 0.15) is 0 Å². The SMILES string of the molecule is COC(C)(C)CC(=O)Nc1cccc(/C(N)=N/O)c1. The smallest absolute Gasteiger partial charge is 0.227 e. The van der Waals surface area contributed by atoms with Crippen molar-refractivity contribution >= 4 is 17.4 Å². The lowest BCUT2D eigenvalue weighted by Crippen LogP contribution is -2.29. The van der Waals surface area contributed by atoms with Crippen LogP contribution in [0.1, 0.15) is 25.8 Å². The molecule has 0 saturated carbocycles. The zero-order valence-corrected chi connectivity index (χ0v) is 11.3. The molecule has 19 heavy (non-hydrogen) atoms. The lowest BCUT2D eigenvalue weighted by molar-refractivity contribution is -0.121. The Kier molecular flexibility index (Phi) is 4.88. The third kappa shape index (κ3) is 4.59. The van der Waals surface area contributed by atoms with E-state index in [1.807, 2.05) is 13.8 Å². The molecule has 0 saturated heterocycles. The molecule has 0 radical (unpaired) electrons. The van der Waals surface area contributed by atoms with Crippen molar-refractivity contribution < 1.29 is 14.7 Å². The van der Waals surface area contributed by atoms with Gasteiger partial charge in [-0.25, -0.2) is 0 Å². The molecule has 4 N–H and O–H groups in total. The van der Waals surface area contributed by atoms with E-state index in [9.17, 15) is 4.79 Å². The van der Waals surface area contributed by atoms with E-state index in [-0.39, 0.29) is 18.2 Å². The molecular weight excluding hydrogens is 246 g/mol. The molecule has 1 rings (SSSR count). The highest BCUT2D eigenvalue weighted by Gasteiger charge is 2.21. The molecular formula is C13H19N3O3. The lowest BCUT2D eigenvalue weighted by Gasteiger charge is -2.21. The molecule has 6 heteroatoms. The summed E-state index contributed by atoms with van der Waals surface area (Å²) in [5.74, 6) is -0.170. The Morgan fingerprint density at radius 2 is 2.21 bits per heavy atom. The Labute approximate surface area is 112 Å². The van der Waals surface area contributed by atoms with E-state index in [2.05, 4.69) is 10.5 Å². The zero-order chi connectivity index (χ0) is 14.5. The van der Waals surface area contributed by atoms with Gasteiger partial charge in [0.15, 0.2) is 5.84 Å². The van der Waals surface area contributed by atoms with Crippen molar-refractivity contribution in [3.63, 3.8) is 0 Å². The summed E-state index contributed by atoms with van der Waals surface area (Å²) in [6, 6.07) is 6.76. The topological polar surface area (TPSA) is 96.9 Å². The number of nitrogens with one attached hydrogen (secondary N) is 1. The van der Waals surface area contributed by atoms with Gasteiger partial charge in [0.2, 0.25) is 5.91 Å². The van der Waals surface area contributed by atoms with Gasteiger partial charge in [-0.3, -0.25) is 4.79 Å². The summed E-state index contributed by atoms with van der Waals surface area (Å²) in [5.41, 5.74) is 6.08. The van der Waals surface area contributed by atoms with Crippen molar-refractivity contribution in [3.05, 3.63) is 29.8 Å². The van der Waals surface area contributed by atoms with Crippen molar-refractivity contribution in [2.24, 2.45) is 10.9 Å². The second-order valence-corrected chi connectivity index (χ2v) is 4.75. The highest BCUT2D eigenvalue weighted by atomic mass is 16.5. The van der Waals surface area contributed by atoms with Crippen molar-refractivity contribution in [1.29, 1.82) is 0 Å². The normalized spacial score (nSPS) is 12.3. The summed E-state index contributed by atoms with van der Waals surface area (Å²) in [7, 11) is 1.56. The van der Waals surface area contributed by atoms with Gasteiger partial charge in [-0.2, -0.15) is 0 Å². The van der Waals surface area contributed by atoms with E-state index in [1.165, 1.54) is 0 Å². The first-order valence-electron chi connectivity index (χ1n) is 5.81. The molecule has 0 aliphatic rings. The van der Waals surface area contributed by atoms with E-state index in [4.69, 9.17) is 15.7 Å². The van der Waals surface area contributed by atoms with Crippen LogP contribution in [0.25, 0.3) is 0 Å². The minimum absolute atomic E-state index is 0.00618. The molecule has 0 aliphatic carbocycles. The number of benzene rings is 1. The minimum atomic E-state index is -0.521. The molecule has 1 aromatic carbocycles. The predicted octanol–water partition coefficient (Wildman–Crippen LogP) is 1.53. The number of methoxy groups -OCH3 is 1. The van der Waals surface area contributed by atoms with Gasteiger partial charge in [-0.1, -0.05) is 17.3 Å². The summed E-state index contributed by atoms with van der Waals surface area (Å²) in [4.78, 5) is 11.8. The van der Waals surface area contributed by atoms with E-state index in [0.29, 0.717) is 11.3 Å². The first-order valence-corrected chi connectivity index (χ1v) is 5.81. The zero-order valence-electron chi connectivity index (χ0n) is 11.3. The number of hydrogen-bond donors (Lipinski definition) is 3. The maximum Gasteiger partial charge on any atom is 0.227 e. The van der Waals surface area contributed by atoms with Gasteiger partial charge in [-0.05, 0) is 26.0 Å². The number of oxime groups is 1. The summed E-state index contributed by atoms with van der Waals surface area (Å²) in [6.45, 7) is 3.67. The first kappa shape index (κ1) is 15.0. The monoisotopic (exact) mass is 265 g/mol. The Bertz CT molecular complexity index is 484. The second kappa shape index (κ2) is 6.19. The highest BCUT2D eigenvalue weighted by Crippen LogP contribution is 2.16. The predicted molar refractivity (Wildman–Crippen MR) is 73.3 cm³/mol. The van der Waals surface area contributed by atoms with Crippen molar-refractivity contribution in [2.45, 2.75) is 25.9 Å². The fourth-order valence-electron chi connectivity index (χ4n) is 1.48. The molecule has 0 spiro atoms. The third-order valence-corrected chi connectivity index (χ3v) is 2.69. The maximum atomic E-state index is 11.8. The molecule has 0 unspecified atom stereocenters. The van der Waals surface area contributed by atoms with Crippen LogP contribution in [0.3, 0.4) is 0 Å². The number of anilines is 1. The van der Waals surface area contributed by atoms with Gasteiger partial charge in [0.25, 0.3) is 0 Å². The van der Waals surface area contributed by atoms with Gasteiger partial charge in [0, 0.05) is 18.4 Å². The Hall–Kier alpha value is -2.08. The van der Waals surface area contributed by atoms with Crippen molar-refractivity contribution in [2.75, 3.05) is 12.4 Å². The van der Waals surface area contributed by atoms with Gasteiger partial charge in [-0.15, -0.1) is 0 Å². The number of rotatable bonds is 5. The molecule has 1 aromatic rings. The van der Waals surface area contributed by atoms with Gasteiger partial charge in [0.05, 0.1) is 12.0 Å². The Balaban J connectivity index is 2.75. The first-order chi connectivity index (χ1) is 8.88. The molecule has 0 fully saturated rings. The van der Waals surface area contributed by atoms with Crippen molar-refractivity contribution in [1.82, 2.24) is 0 Å². The summed E-state index contributed by atoms with van der Waals surface area (Å²) >= 11 is 0. The quantitative estimate of drug-likeness (QED) is 0.325. The lowest BCUT2D eigenvalue weighted by atomic mass is 10.0. The number of carbonyl (C=O) groups excluding carboxylic acids is 1. The van der Waals surface area contributed by atoms with Crippen LogP contribution >= 0.6 is 0 Å². The number of hydrogen-bond acceptors (Lipinski definition) is 4. The van der Waals surface area contributed by atoms with E-state index in [0.717, 1.165) is 0 Å². The van der Waals surface area contributed by atoms with Crippen LogP contribution in [-0.2, 0) is 9.53 Å². The molecule has 6 nitrogen and oxygen atoms in total. The minimum Gasteiger partial charge on any atom is -0.409 e. The maximum absolute atomic E-state index is 11.8. The average Bonchev–Trinajstić information content (AvgIpc) is 2.37. The van der Waals surface area contributed by atoms with E-state index >= 15 is 0 Å². The van der Waals surface area contributed by atoms with Crippen LogP contribution in [0.15, 0.2) is 29.4 Å². The summed E-state index contributed by atoms with van der Waals surface area (Å²) < 4.78 is 5.19. The van der Waals surface area contributed by atoms with E-state index < -0.39 is 5.60 Å². The number of amides is 1. The standard InChI is InChI=1S/C13H19N3O3/c1-13(2,19-3)8-11(17)15-10-6-4-5-9(7-10)12(14)16-18/h4-7,18H,8H2,1-3H3,(H2,14,16)(H,15,17). The number of amidine groups is 1. The Morgan fingerprint density at radius 3 is 2.79 bits per heavy atom. The van der Waals surface area contributed by atoms with Crippen LogP contribution in [0, 0.1) is 0 Å². The average molecular weight is 265 g/mol. The molecule has 1 amide bonds. The van der Waals surface area contributed by atoms with Gasteiger partial charge < -0.3 is 21.0 Å². The number of ether oxygens (including phenoxy) is 1. The molecule has 0 heterocycles. The van der Waals surface area contributed by atoms with Gasteiger partial charge >= 0.3 is 0 Å². The van der Waals surface area contributed by atoms with Crippen LogP contribution in [0.2, 0.25) is 0 Å². The summed E-state index contributed by atoms with van der Waals surface area (Å²) in [5, 5.41) is 14.3. The number of nitrogens with two attached hydrogens (primary N) is 1. The molecule has 104 valence electrons. The van der Waals surface area contributed by atoms with Crippen LogP contribution < -0.4 is 11.1 Å². The largest absolute Gasteiger partial charge is 0.409 e. The molecule has 0 aromatic heterocycles.